The minimum atomic E-state index is -1.12. The lowest BCUT2D eigenvalue weighted by Crippen LogP contribution is -2.59. The zero-order valence-corrected chi connectivity index (χ0v) is 14.3. The second kappa shape index (κ2) is 5.81. The lowest BCUT2D eigenvalue weighted by Gasteiger charge is -2.52. The highest BCUT2D eigenvalue weighted by molar-refractivity contribution is 5.78. The molecule has 10 heteroatoms. The van der Waals surface area contributed by atoms with Gasteiger partial charge in [-0.05, 0) is 12.8 Å². The van der Waals surface area contributed by atoms with E-state index in [-0.39, 0.29) is 11.0 Å². The Kier molecular flexibility index (Phi) is 3.51. The SMILES string of the molecule is Oc1c(F)cc2nnn(-c3cnc(N4CC5(CCOCC5)C4)nc3)c2c1F. The predicted octanol–water partition coefficient (Wildman–Crippen LogP) is 1.81. The van der Waals surface area contributed by atoms with Crippen molar-refractivity contribution in [3.05, 3.63) is 30.1 Å². The van der Waals surface area contributed by atoms with Crippen molar-refractivity contribution in [2.75, 3.05) is 31.2 Å². The Balaban J connectivity index is 1.41. The molecule has 27 heavy (non-hydrogen) atoms. The van der Waals surface area contributed by atoms with Gasteiger partial charge in [0.05, 0.1) is 12.4 Å². The van der Waals surface area contributed by atoms with Crippen LogP contribution in [-0.2, 0) is 4.74 Å². The van der Waals surface area contributed by atoms with Crippen LogP contribution in [0.1, 0.15) is 12.8 Å². The number of hydrogen-bond acceptors (Lipinski definition) is 7. The van der Waals surface area contributed by atoms with Crippen LogP contribution in [0.25, 0.3) is 16.7 Å². The van der Waals surface area contributed by atoms with Crippen LogP contribution >= 0.6 is 0 Å². The average molecular weight is 374 g/mol. The van der Waals surface area contributed by atoms with Gasteiger partial charge >= 0.3 is 0 Å². The van der Waals surface area contributed by atoms with Gasteiger partial charge in [-0.2, -0.15) is 0 Å². The third kappa shape index (κ3) is 2.51. The van der Waals surface area contributed by atoms with Crippen molar-refractivity contribution in [1.29, 1.82) is 0 Å². The summed E-state index contributed by atoms with van der Waals surface area (Å²) in [4.78, 5) is 10.8. The van der Waals surface area contributed by atoms with E-state index in [4.69, 9.17) is 4.74 Å². The molecule has 0 aliphatic carbocycles. The van der Waals surface area contributed by atoms with Gasteiger partial charge in [0.2, 0.25) is 5.95 Å². The van der Waals surface area contributed by atoms with Crippen molar-refractivity contribution in [2.24, 2.45) is 5.41 Å². The summed E-state index contributed by atoms with van der Waals surface area (Å²) in [5, 5.41) is 17.1. The van der Waals surface area contributed by atoms with Crippen LogP contribution in [0.15, 0.2) is 18.5 Å². The quantitative estimate of drug-likeness (QED) is 0.732. The Hall–Kier alpha value is -2.88. The summed E-state index contributed by atoms with van der Waals surface area (Å²) in [6.07, 6.45) is 5.11. The average Bonchev–Trinajstić information content (AvgIpc) is 3.09. The van der Waals surface area contributed by atoms with Gasteiger partial charge in [0.15, 0.2) is 17.4 Å². The first-order chi connectivity index (χ1) is 13.1. The van der Waals surface area contributed by atoms with Gasteiger partial charge in [0.1, 0.15) is 16.7 Å². The van der Waals surface area contributed by atoms with Crippen LogP contribution in [0.5, 0.6) is 5.75 Å². The predicted molar refractivity (Wildman–Crippen MR) is 90.7 cm³/mol. The molecule has 0 unspecified atom stereocenters. The summed E-state index contributed by atoms with van der Waals surface area (Å²) in [5.41, 5.74) is 0.534. The number of fused-ring (bicyclic) bond motifs is 1. The lowest BCUT2D eigenvalue weighted by molar-refractivity contribution is -0.000737. The van der Waals surface area contributed by atoms with Gasteiger partial charge < -0.3 is 14.7 Å². The van der Waals surface area contributed by atoms with Crippen molar-refractivity contribution in [2.45, 2.75) is 12.8 Å². The first-order valence-corrected chi connectivity index (χ1v) is 8.64. The second-order valence-corrected chi connectivity index (χ2v) is 7.10. The number of phenols is 1. The van der Waals surface area contributed by atoms with E-state index in [0.717, 1.165) is 49.9 Å². The largest absolute Gasteiger partial charge is 0.503 e. The molecule has 2 saturated heterocycles. The maximum Gasteiger partial charge on any atom is 0.225 e. The summed E-state index contributed by atoms with van der Waals surface area (Å²) < 4.78 is 34.3. The fraction of sp³-hybridized carbons (Fsp3) is 0.412. The molecule has 0 saturated carbocycles. The van der Waals surface area contributed by atoms with E-state index in [1.807, 2.05) is 0 Å². The topological polar surface area (TPSA) is 89.2 Å². The van der Waals surface area contributed by atoms with E-state index in [1.54, 1.807) is 0 Å². The summed E-state index contributed by atoms with van der Waals surface area (Å²) in [7, 11) is 0. The molecule has 140 valence electrons. The smallest absolute Gasteiger partial charge is 0.225 e. The maximum absolute atomic E-state index is 14.3. The van der Waals surface area contributed by atoms with E-state index in [2.05, 4.69) is 25.2 Å². The van der Waals surface area contributed by atoms with Gasteiger partial charge in [-0.3, -0.25) is 0 Å². The fourth-order valence-corrected chi connectivity index (χ4v) is 3.79. The maximum atomic E-state index is 14.3. The number of halogens is 2. The highest BCUT2D eigenvalue weighted by Crippen LogP contribution is 2.41. The zero-order chi connectivity index (χ0) is 18.6. The number of aromatic nitrogens is 5. The molecule has 2 fully saturated rings. The molecule has 2 aliphatic rings. The van der Waals surface area contributed by atoms with E-state index in [0.29, 0.717) is 17.1 Å². The normalized spacial score (nSPS) is 18.8. The van der Waals surface area contributed by atoms with E-state index < -0.39 is 17.4 Å². The van der Waals surface area contributed by atoms with Gasteiger partial charge in [-0.1, -0.05) is 5.21 Å². The number of aromatic hydroxyl groups is 1. The van der Waals surface area contributed by atoms with Crippen LogP contribution in [0.3, 0.4) is 0 Å². The number of nitrogens with zero attached hydrogens (tertiary/aromatic N) is 6. The number of phenolic OH excluding ortho intramolecular Hbond substituents is 1. The van der Waals surface area contributed by atoms with E-state index in [1.165, 1.54) is 12.4 Å². The Labute approximate surface area is 152 Å². The Bertz CT molecular complexity index is 1010. The van der Waals surface area contributed by atoms with E-state index >= 15 is 0 Å². The number of benzene rings is 1. The highest BCUT2D eigenvalue weighted by Gasteiger charge is 2.44. The third-order valence-electron chi connectivity index (χ3n) is 5.36. The molecule has 3 aromatic rings. The van der Waals surface area contributed by atoms with Crippen LogP contribution in [-0.4, -0.2) is 56.4 Å². The van der Waals surface area contributed by atoms with E-state index in [9.17, 15) is 13.9 Å². The molecule has 8 nitrogen and oxygen atoms in total. The van der Waals surface area contributed by atoms with Crippen molar-refractivity contribution in [1.82, 2.24) is 25.0 Å². The van der Waals surface area contributed by atoms with Crippen LogP contribution in [0.2, 0.25) is 0 Å². The molecule has 5 rings (SSSR count). The summed E-state index contributed by atoms with van der Waals surface area (Å²) in [5.74, 6) is -2.68. The number of ether oxygens (including phenoxy) is 1. The van der Waals surface area contributed by atoms with Crippen LogP contribution in [0, 0.1) is 17.0 Å². The fourth-order valence-electron chi connectivity index (χ4n) is 3.79. The molecule has 1 spiro atoms. The second-order valence-electron chi connectivity index (χ2n) is 7.10. The van der Waals surface area contributed by atoms with Crippen molar-refractivity contribution >= 4 is 17.0 Å². The summed E-state index contributed by atoms with van der Waals surface area (Å²) >= 11 is 0. The minimum absolute atomic E-state index is 0.00363. The van der Waals surface area contributed by atoms with Crippen LogP contribution < -0.4 is 4.90 Å². The third-order valence-corrected chi connectivity index (χ3v) is 5.36. The van der Waals surface area contributed by atoms with Gasteiger partial charge in [-0.15, -0.1) is 5.10 Å². The Morgan fingerprint density at radius 3 is 2.52 bits per heavy atom. The zero-order valence-electron chi connectivity index (χ0n) is 14.3. The molecule has 0 amide bonds. The van der Waals surface area contributed by atoms with Crippen molar-refractivity contribution in [3.8, 4) is 11.4 Å². The number of hydrogen-bond donors (Lipinski definition) is 1. The lowest BCUT2D eigenvalue weighted by atomic mass is 9.73. The summed E-state index contributed by atoms with van der Waals surface area (Å²) in [6.45, 7) is 3.38. The minimum Gasteiger partial charge on any atom is -0.503 e. The Morgan fingerprint density at radius 2 is 1.81 bits per heavy atom. The van der Waals surface area contributed by atoms with Gasteiger partial charge in [0, 0.05) is 37.8 Å². The standard InChI is InChI=1S/C17H16F2N6O2/c18-11-5-12-14(13(19)15(11)26)25(23-22-12)10-6-20-16(21-7-10)24-8-17(9-24)1-3-27-4-2-17/h5-7,26H,1-4,8-9H2. The van der Waals surface area contributed by atoms with Crippen LogP contribution in [0.4, 0.5) is 14.7 Å². The molecular formula is C17H16F2N6O2. The van der Waals surface area contributed by atoms with Gasteiger partial charge in [-0.25, -0.2) is 23.4 Å². The molecule has 1 aromatic carbocycles. The first kappa shape index (κ1) is 16.3. The molecule has 0 bridgehead atoms. The highest BCUT2D eigenvalue weighted by atomic mass is 19.1. The molecule has 2 aliphatic heterocycles. The molecule has 0 atom stereocenters. The molecule has 4 heterocycles. The Morgan fingerprint density at radius 1 is 1.11 bits per heavy atom. The summed E-state index contributed by atoms with van der Waals surface area (Å²) in [6, 6.07) is 0.930. The molecule has 1 N–H and O–H groups in total. The first-order valence-electron chi connectivity index (χ1n) is 8.64. The number of rotatable bonds is 2. The molecule has 0 radical (unpaired) electrons. The number of anilines is 1. The van der Waals surface area contributed by atoms with Crippen molar-refractivity contribution in [3.63, 3.8) is 0 Å². The molecule has 2 aromatic heterocycles. The van der Waals surface area contributed by atoms with Crippen molar-refractivity contribution < 1.29 is 18.6 Å². The monoisotopic (exact) mass is 374 g/mol. The van der Waals surface area contributed by atoms with Gasteiger partial charge in [0.25, 0.3) is 0 Å². The molecular weight excluding hydrogens is 358 g/mol.